The first kappa shape index (κ1) is 13.3. The van der Waals surface area contributed by atoms with E-state index in [1.54, 1.807) is 17.3 Å². The maximum atomic E-state index is 12.9. The minimum atomic E-state index is 0.0144. The van der Waals surface area contributed by atoms with Gasteiger partial charge < -0.3 is 4.90 Å². The molecule has 3 aromatic rings. The highest BCUT2D eigenvalue weighted by atomic mass is 16.2. The molecule has 3 heteroatoms. The predicted octanol–water partition coefficient (Wildman–Crippen LogP) is 3.90. The molecule has 1 heterocycles. The van der Waals surface area contributed by atoms with E-state index >= 15 is 0 Å². The first-order valence-electron chi connectivity index (χ1n) is 7.01. The Morgan fingerprint density at radius 1 is 1.00 bits per heavy atom. The lowest BCUT2D eigenvalue weighted by atomic mass is 10.0. The Morgan fingerprint density at radius 3 is 2.48 bits per heavy atom. The van der Waals surface area contributed by atoms with Gasteiger partial charge in [0.2, 0.25) is 0 Å². The number of pyridine rings is 1. The van der Waals surface area contributed by atoms with Crippen LogP contribution in [0.15, 0.2) is 67.0 Å². The van der Waals surface area contributed by atoms with Crippen molar-refractivity contribution in [1.29, 1.82) is 0 Å². The molecule has 2 aromatic carbocycles. The number of anilines is 1. The maximum Gasteiger partial charge on any atom is 0.258 e. The molecule has 104 valence electrons. The molecule has 0 atom stereocenters. The highest BCUT2D eigenvalue weighted by molar-refractivity contribution is 6.14. The zero-order chi connectivity index (χ0) is 14.7. The second kappa shape index (κ2) is 5.75. The van der Waals surface area contributed by atoms with Crippen molar-refractivity contribution in [3.05, 3.63) is 72.6 Å². The third-order valence-corrected chi connectivity index (χ3v) is 3.56. The van der Waals surface area contributed by atoms with Crippen molar-refractivity contribution in [2.45, 2.75) is 6.92 Å². The van der Waals surface area contributed by atoms with Gasteiger partial charge in [-0.1, -0.05) is 36.4 Å². The summed E-state index contributed by atoms with van der Waals surface area (Å²) in [6.07, 6.45) is 3.41. The summed E-state index contributed by atoms with van der Waals surface area (Å²) in [5.74, 6) is 0.0144. The van der Waals surface area contributed by atoms with Crippen LogP contribution in [0.2, 0.25) is 0 Å². The minimum absolute atomic E-state index is 0.0144. The van der Waals surface area contributed by atoms with Crippen molar-refractivity contribution in [3.8, 4) is 0 Å². The van der Waals surface area contributed by atoms with Crippen molar-refractivity contribution in [3.63, 3.8) is 0 Å². The molecule has 0 fully saturated rings. The summed E-state index contributed by atoms with van der Waals surface area (Å²) in [6.45, 7) is 2.59. The number of aromatic nitrogens is 1. The lowest BCUT2D eigenvalue weighted by molar-refractivity contribution is 0.0990. The normalized spacial score (nSPS) is 10.5. The Hall–Kier alpha value is -2.68. The SMILES string of the molecule is CCN(C(=O)c1cccc2ccccc12)c1ccncc1. The van der Waals surface area contributed by atoms with Crippen molar-refractivity contribution in [1.82, 2.24) is 4.98 Å². The molecular weight excluding hydrogens is 260 g/mol. The van der Waals surface area contributed by atoms with Crippen LogP contribution in [0.25, 0.3) is 10.8 Å². The fourth-order valence-corrected chi connectivity index (χ4v) is 2.52. The number of nitrogens with zero attached hydrogens (tertiary/aromatic N) is 2. The third kappa shape index (κ3) is 2.50. The summed E-state index contributed by atoms with van der Waals surface area (Å²) in [5.41, 5.74) is 1.59. The summed E-state index contributed by atoms with van der Waals surface area (Å²) in [6, 6.07) is 17.5. The number of fused-ring (bicyclic) bond motifs is 1. The van der Waals surface area contributed by atoms with E-state index in [1.165, 1.54) is 0 Å². The quantitative estimate of drug-likeness (QED) is 0.727. The molecule has 0 aliphatic carbocycles. The second-order valence-corrected chi connectivity index (χ2v) is 4.78. The number of hydrogen-bond donors (Lipinski definition) is 0. The van der Waals surface area contributed by atoms with Crippen LogP contribution >= 0.6 is 0 Å². The van der Waals surface area contributed by atoms with E-state index < -0.39 is 0 Å². The monoisotopic (exact) mass is 276 g/mol. The Kier molecular flexibility index (Phi) is 3.65. The zero-order valence-corrected chi connectivity index (χ0v) is 11.9. The van der Waals surface area contributed by atoms with E-state index in [4.69, 9.17) is 0 Å². The number of carbonyl (C=O) groups is 1. The standard InChI is InChI=1S/C18H16N2O/c1-2-20(15-10-12-19-13-11-15)18(21)17-9-5-7-14-6-3-4-8-16(14)17/h3-13H,2H2,1H3. The van der Waals surface area contributed by atoms with Crippen LogP contribution in [0.5, 0.6) is 0 Å². The van der Waals surface area contributed by atoms with Gasteiger partial charge in [0.15, 0.2) is 0 Å². The number of hydrogen-bond acceptors (Lipinski definition) is 2. The van der Waals surface area contributed by atoms with Gasteiger partial charge in [0.25, 0.3) is 5.91 Å². The molecule has 3 nitrogen and oxygen atoms in total. The molecule has 0 aliphatic rings. The Labute approximate surface area is 123 Å². The molecular formula is C18H16N2O. The molecule has 0 aliphatic heterocycles. The molecule has 3 rings (SSSR count). The number of amides is 1. The molecule has 0 unspecified atom stereocenters. The van der Waals surface area contributed by atoms with Crippen molar-refractivity contribution < 1.29 is 4.79 Å². The fraction of sp³-hybridized carbons (Fsp3) is 0.111. The van der Waals surface area contributed by atoms with Gasteiger partial charge in [0.1, 0.15) is 0 Å². The lowest BCUT2D eigenvalue weighted by Crippen LogP contribution is -2.30. The number of rotatable bonds is 3. The summed E-state index contributed by atoms with van der Waals surface area (Å²) in [7, 11) is 0. The zero-order valence-electron chi connectivity index (χ0n) is 11.9. The van der Waals surface area contributed by atoms with E-state index in [0.717, 1.165) is 22.0 Å². The van der Waals surface area contributed by atoms with Crippen LogP contribution in [0.3, 0.4) is 0 Å². The molecule has 0 bridgehead atoms. The maximum absolute atomic E-state index is 12.9. The highest BCUT2D eigenvalue weighted by Crippen LogP contribution is 2.22. The van der Waals surface area contributed by atoms with Crippen molar-refractivity contribution >= 4 is 22.4 Å². The number of carbonyl (C=O) groups excluding carboxylic acids is 1. The largest absolute Gasteiger partial charge is 0.309 e. The van der Waals surface area contributed by atoms with Gasteiger partial charge in [-0.05, 0) is 35.9 Å². The average molecular weight is 276 g/mol. The van der Waals surface area contributed by atoms with Gasteiger partial charge in [-0.3, -0.25) is 9.78 Å². The highest BCUT2D eigenvalue weighted by Gasteiger charge is 2.17. The van der Waals surface area contributed by atoms with E-state index in [0.29, 0.717) is 6.54 Å². The average Bonchev–Trinajstić information content (AvgIpc) is 2.56. The van der Waals surface area contributed by atoms with Crippen LogP contribution in [0.1, 0.15) is 17.3 Å². The van der Waals surface area contributed by atoms with E-state index in [2.05, 4.69) is 4.98 Å². The van der Waals surface area contributed by atoms with E-state index in [1.807, 2.05) is 61.5 Å². The molecule has 0 saturated heterocycles. The molecule has 21 heavy (non-hydrogen) atoms. The van der Waals surface area contributed by atoms with E-state index in [9.17, 15) is 4.79 Å². The first-order valence-corrected chi connectivity index (χ1v) is 7.01. The van der Waals surface area contributed by atoms with Gasteiger partial charge in [0.05, 0.1) is 0 Å². The van der Waals surface area contributed by atoms with Crippen molar-refractivity contribution in [2.75, 3.05) is 11.4 Å². The van der Waals surface area contributed by atoms with Crippen molar-refractivity contribution in [2.24, 2.45) is 0 Å². The van der Waals surface area contributed by atoms with Crippen LogP contribution in [0, 0.1) is 0 Å². The van der Waals surface area contributed by atoms with E-state index in [-0.39, 0.29) is 5.91 Å². The summed E-state index contributed by atoms with van der Waals surface area (Å²) >= 11 is 0. The smallest absolute Gasteiger partial charge is 0.258 e. The first-order chi connectivity index (χ1) is 10.3. The molecule has 1 aromatic heterocycles. The summed E-state index contributed by atoms with van der Waals surface area (Å²) in [4.78, 5) is 18.7. The molecule has 0 radical (unpaired) electrons. The molecule has 0 spiro atoms. The van der Waals surface area contributed by atoms with Gasteiger partial charge in [0, 0.05) is 30.2 Å². The Morgan fingerprint density at radius 2 is 1.71 bits per heavy atom. The van der Waals surface area contributed by atoms with Gasteiger partial charge in [-0.25, -0.2) is 0 Å². The van der Waals surface area contributed by atoms with Crippen LogP contribution in [0.4, 0.5) is 5.69 Å². The van der Waals surface area contributed by atoms with Crippen LogP contribution in [-0.2, 0) is 0 Å². The van der Waals surface area contributed by atoms with Crippen LogP contribution in [-0.4, -0.2) is 17.4 Å². The molecule has 0 N–H and O–H groups in total. The van der Waals surface area contributed by atoms with Gasteiger partial charge >= 0.3 is 0 Å². The molecule has 0 saturated carbocycles. The summed E-state index contributed by atoms with van der Waals surface area (Å²) < 4.78 is 0. The molecule has 1 amide bonds. The number of benzene rings is 2. The topological polar surface area (TPSA) is 33.2 Å². The minimum Gasteiger partial charge on any atom is -0.309 e. The lowest BCUT2D eigenvalue weighted by Gasteiger charge is -2.21. The second-order valence-electron chi connectivity index (χ2n) is 4.78. The van der Waals surface area contributed by atoms with Gasteiger partial charge in [-0.15, -0.1) is 0 Å². The summed E-state index contributed by atoms with van der Waals surface area (Å²) in [5, 5.41) is 2.06. The Balaban J connectivity index is 2.07. The predicted molar refractivity (Wildman–Crippen MR) is 85.5 cm³/mol. The Bertz CT molecular complexity index is 763. The third-order valence-electron chi connectivity index (χ3n) is 3.56. The van der Waals surface area contributed by atoms with Gasteiger partial charge in [-0.2, -0.15) is 0 Å². The fourth-order valence-electron chi connectivity index (χ4n) is 2.52. The van der Waals surface area contributed by atoms with Crippen LogP contribution < -0.4 is 4.90 Å².